The molecule has 0 saturated carbocycles. The van der Waals surface area contributed by atoms with Crippen LogP contribution in [0.3, 0.4) is 0 Å². The molecule has 4 aromatic heterocycles. The van der Waals surface area contributed by atoms with Gasteiger partial charge in [0.25, 0.3) is 0 Å². The molecule has 6 nitrogen and oxygen atoms in total. The number of fused-ring (bicyclic) bond motifs is 12. The Bertz CT molecular complexity index is 6800. The van der Waals surface area contributed by atoms with Crippen LogP contribution in [0.4, 0.5) is 34.1 Å². The molecule has 0 atom stereocenters. The smallest absolute Gasteiger partial charge is 0.135 e. The Morgan fingerprint density at radius 2 is 0.426 bits per heavy atom. The molecule has 0 unspecified atom stereocenters. The van der Waals surface area contributed by atoms with Crippen molar-refractivity contribution in [2.24, 2.45) is 0 Å². The standard InChI is InChI=1S/C54H36N2O.C48H32N2O/c1-3-12-37(13-4-1)39-22-26-43(27-23-39)55(44-28-24-40(25-29-44)42-17-11-16-41(34-42)38-14-5-2-6-15-38)46-30-32-48-47-18-7-9-20-51(47)56(52(48)36-46)45-31-33-54-50(35-45)49-19-8-10-21-53(49)57-54;1-3-11-33(12-4-1)35-19-23-37(24-20-35)49(38-25-21-36(22-26-38)34-13-5-2-6-14-34)40-27-29-42-41-15-7-9-17-45(41)50(46(42)32-40)39-28-30-48-44(31-39)43-16-8-10-18-47(43)51-48/h1-36H;1-32H. The number of nitrogens with zero attached hydrogens (tertiary/aromatic N) is 4. The van der Waals surface area contributed by atoms with Crippen LogP contribution in [0.2, 0.25) is 0 Å². The predicted octanol–water partition coefficient (Wildman–Crippen LogP) is 28.6. The summed E-state index contributed by atoms with van der Waals surface area (Å²) in [6, 6.07) is 147. The average molecular weight is 1380 g/mol. The van der Waals surface area contributed by atoms with Crippen LogP contribution in [-0.4, -0.2) is 9.13 Å². The SMILES string of the molecule is c1ccc(-c2ccc(N(c3ccc(-c4cccc(-c5ccccc5)c4)cc3)c3ccc4c5ccccc5n(-c5ccc6oc7ccccc7c6c5)c4c3)cc2)cc1.c1ccc(-c2ccc(N(c3ccc(-c4ccccc4)cc3)c3ccc4c5ccccc5n(-c5ccc6oc7ccccc7c6c5)c4c3)cc2)cc1. The lowest BCUT2D eigenvalue weighted by atomic mass is 9.99. The highest BCUT2D eigenvalue weighted by molar-refractivity contribution is 6.14. The molecule has 6 heteroatoms. The van der Waals surface area contributed by atoms with Gasteiger partial charge in [0.1, 0.15) is 22.3 Å². The van der Waals surface area contributed by atoms with Gasteiger partial charge in [-0.3, -0.25) is 0 Å². The molecule has 21 aromatic rings. The molecule has 508 valence electrons. The summed E-state index contributed by atoms with van der Waals surface area (Å²) >= 11 is 0. The monoisotopic (exact) mass is 1380 g/mol. The fourth-order valence-corrected chi connectivity index (χ4v) is 16.0. The number of aromatic nitrogens is 2. The van der Waals surface area contributed by atoms with Crippen LogP contribution in [0.1, 0.15) is 0 Å². The molecule has 0 N–H and O–H groups in total. The number of rotatable bonds is 13. The maximum atomic E-state index is 6.23. The van der Waals surface area contributed by atoms with Crippen molar-refractivity contribution in [2.75, 3.05) is 9.80 Å². The first-order chi connectivity index (χ1) is 53.5. The van der Waals surface area contributed by atoms with Gasteiger partial charge in [0.2, 0.25) is 0 Å². The number of benzene rings is 17. The van der Waals surface area contributed by atoms with Crippen molar-refractivity contribution in [1.82, 2.24) is 9.13 Å². The number of hydrogen-bond acceptors (Lipinski definition) is 4. The minimum absolute atomic E-state index is 0.891. The third kappa shape index (κ3) is 11.5. The van der Waals surface area contributed by atoms with E-state index in [0.717, 1.165) is 106 Å². The van der Waals surface area contributed by atoms with E-state index in [4.69, 9.17) is 8.83 Å². The normalized spacial score (nSPS) is 11.5. The molecule has 0 fully saturated rings. The van der Waals surface area contributed by atoms with Gasteiger partial charge in [0, 0.05) is 88.6 Å². The van der Waals surface area contributed by atoms with E-state index in [2.05, 4.69) is 407 Å². The van der Waals surface area contributed by atoms with E-state index >= 15 is 0 Å². The lowest BCUT2D eigenvalue weighted by molar-refractivity contribution is 0.668. The van der Waals surface area contributed by atoms with Gasteiger partial charge in [-0.25, -0.2) is 0 Å². The summed E-state index contributed by atoms with van der Waals surface area (Å²) in [6.07, 6.45) is 0. The minimum Gasteiger partial charge on any atom is -0.456 e. The molecule has 0 radical (unpaired) electrons. The molecule has 0 saturated heterocycles. The van der Waals surface area contributed by atoms with Crippen LogP contribution >= 0.6 is 0 Å². The average Bonchev–Trinajstić information content (AvgIpc) is 1.58. The summed E-state index contributed by atoms with van der Waals surface area (Å²) in [5.74, 6) is 0. The summed E-state index contributed by atoms with van der Waals surface area (Å²) in [5, 5.41) is 9.34. The topological polar surface area (TPSA) is 42.6 Å². The highest BCUT2D eigenvalue weighted by atomic mass is 16.3. The molecule has 17 aromatic carbocycles. The molecule has 108 heavy (non-hydrogen) atoms. The highest BCUT2D eigenvalue weighted by Gasteiger charge is 2.22. The first-order valence-corrected chi connectivity index (χ1v) is 36.8. The Kier molecular flexibility index (Phi) is 15.8. The largest absolute Gasteiger partial charge is 0.456 e. The predicted molar refractivity (Wildman–Crippen MR) is 453 cm³/mol. The number of furan rings is 2. The zero-order chi connectivity index (χ0) is 71.4. The van der Waals surface area contributed by atoms with Gasteiger partial charge in [-0.05, 0) is 195 Å². The van der Waals surface area contributed by atoms with E-state index in [0.29, 0.717) is 0 Å². The Morgan fingerprint density at radius 3 is 0.796 bits per heavy atom. The van der Waals surface area contributed by atoms with E-state index in [1.807, 2.05) is 24.3 Å². The fourth-order valence-electron chi connectivity index (χ4n) is 16.0. The summed E-state index contributed by atoms with van der Waals surface area (Å²) in [7, 11) is 0. The summed E-state index contributed by atoms with van der Waals surface area (Å²) in [5.41, 5.74) is 28.9. The molecule has 21 rings (SSSR count). The quantitative estimate of drug-likeness (QED) is 0.115. The van der Waals surface area contributed by atoms with Crippen LogP contribution in [-0.2, 0) is 0 Å². The molecule has 4 heterocycles. The van der Waals surface area contributed by atoms with Crippen molar-refractivity contribution in [3.8, 4) is 67.0 Å². The molecule has 0 amide bonds. The fraction of sp³-hybridized carbons (Fsp3) is 0. The van der Waals surface area contributed by atoms with E-state index in [1.54, 1.807) is 0 Å². The molecule has 0 bridgehead atoms. The van der Waals surface area contributed by atoms with Crippen LogP contribution in [0, 0.1) is 0 Å². The van der Waals surface area contributed by atoms with E-state index in [-0.39, 0.29) is 0 Å². The lowest BCUT2D eigenvalue weighted by Gasteiger charge is -2.26. The van der Waals surface area contributed by atoms with Crippen LogP contribution in [0.5, 0.6) is 0 Å². The van der Waals surface area contributed by atoms with Gasteiger partial charge in [-0.15, -0.1) is 0 Å². The zero-order valence-corrected chi connectivity index (χ0v) is 58.9. The second kappa shape index (κ2) is 27.0. The van der Waals surface area contributed by atoms with Crippen molar-refractivity contribution in [1.29, 1.82) is 0 Å². The van der Waals surface area contributed by atoms with Crippen LogP contribution in [0.25, 0.3) is 154 Å². The maximum absolute atomic E-state index is 6.23. The summed E-state index contributed by atoms with van der Waals surface area (Å²) < 4.78 is 17.2. The van der Waals surface area contributed by atoms with Crippen molar-refractivity contribution in [3.05, 3.63) is 413 Å². The highest BCUT2D eigenvalue weighted by Crippen LogP contribution is 2.45. The van der Waals surface area contributed by atoms with E-state index in [9.17, 15) is 0 Å². The van der Waals surface area contributed by atoms with Gasteiger partial charge in [0.05, 0.1) is 22.1 Å². The Morgan fingerprint density at radius 1 is 0.157 bits per heavy atom. The van der Waals surface area contributed by atoms with Gasteiger partial charge in [-0.1, -0.05) is 273 Å². The zero-order valence-electron chi connectivity index (χ0n) is 58.9. The Labute approximate surface area is 625 Å². The number of hydrogen-bond donors (Lipinski definition) is 0. The van der Waals surface area contributed by atoms with Crippen molar-refractivity contribution in [2.45, 2.75) is 0 Å². The molecule has 0 spiro atoms. The summed E-state index contributed by atoms with van der Waals surface area (Å²) in [4.78, 5) is 4.73. The molecule has 0 aliphatic carbocycles. The first kappa shape index (κ1) is 63.2. The van der Waals surface area contributed by atoms with Gasteiger partial charge >= 0.3 is 0 Å². The van der Waals surface area contributed by atoms with Crippen molar-refractivity contribution >= 4 is 122 Å². The molecule has 0 aliphatic heterocycles. The van der Waals surface area contributed by atoms with Gasteiger partial charge in [-0.2, -0.15) is 0 Å². The van der Waals surface area contributed by atoms with Crippen molar-refractivity contribution < 1.29 is 8.83 Å². The van der Waals surface area contributed by atoms with E-state index < -0.39 is 0 Å². The third-order valence-electron chi connectivity index (χ3n) is 21.2. The van der Waals surface area contributed by atoms with Gasteiger partial charge < -0.3 is 27.8 Å². The second-order valence-electron chi connectivity index (χ2n) is 27.6. The molecular weight excluding hydrogens is 1310 g/mol. The van der Waals surface area contributed by atoms with Crippen LogP contribution < -0.4 is 9.80 Å². The Balaban J connectivity index is 0.000000143. The number of para-hydroxylation sites is 4. The third-order valence-corrected chi connectivity index (χ3v) is 21.2. The second-order valence-corrected chi connectivity index (χ2v) is 27.6. The first-order valence-electron chi connectivity index (χ1n) is 36.8. The minimum atomic E-state index is 0.891. The van der Waals surface area contributed by atoms with Crippen LogP contribution in [0.15, 0.2) is 421 Å². The van der Waals surface area contributed by atoms with E-state index in [1.165, 1.54) is 82.7 Å². The van der Waals surface area contributed by atoms with Gasteiger partial charge in [0.15, 0.2) is 0 Å². The number of anilines is 6. The van der Waals surface area contributed by atoms with Crippen molar-refractivity contribution in [3.63, 3.8) is 0 Å². The Hall–Kier alpha value is -14.5. The summed E-state index contributed by atoms with van der Waals surface area (Å²) in [6.45, 7) is 0. The molecular formula is C102H68N4O2. The molecule has 0 aliphatic rings. The lowest BCUT2D eigenvalue weighted by Crippen LogP contribution is -2.10. The maximum Gasteiger partial charge on any atom is 0.135 e.